The van der Waals surface area contributed by atoms with Crippen LogP contribution in [0.15, 0.2) is 36.4 Å². The van der Waals surface area contributed by atoms with Gasteiger partial charge in [-0.2, -0.15) is 0 Å². The van der Waals surface area contributed by atoms with Crippen LogP contribution < -0.4 is 29.7 Å². The van der Waals surface area contributed by atoms with E-state index in [1.807, 2.05) is 12.1 Å². The van der Waals surface area contributed by atoms with Gasteiger partial charge in [0.05, 0.1) is 28.4 Å². The van der Waals surface area contributed by atoms with Gasteiger partial charge in [0, 0.05) is 18.5 Å². The average molecular weight is 473 g/mol. The van der Waals surface area contributed by atoms with Gasteiger partial charge in [-0.1, -0.05) is 18.6 Å². The van der Waals surface area contributed by atoms with Gasteiger partial charge < -0.3 is 24.3 Å². The molecule has 2 rings (SSSR count). The molecule has 0 unspecified atom stereocenters. The zero-order chi connectivity index (χ0) is 24.9. The Kier molecular flexibility index (Phi) is 10.7. The highest BCUT2D eigenvalue weighted by atomic mass is 16.5. The molecule has 184 valence electrons. The van der Waals surface area contributed by atoms with Crippen LogP contribution in [-0.2, 0) is 9.59 Å². The fourth-order valence-corrected chi connectivity index (χ4v) is 3.34. The minimum absolute atomic E-state index is 0.239. The van der Waals surface area contributed by atoms with Crippen molar-refractivity contribution in [2.24, 2.45) is 0 Å². The molecule has 0 aliphatic rings. The minimum Gasteiger partial charge on any atom is -0.497 e. The van der Waals surface area contributed by atoms with Crippen molar-refractivity contribution in [3.05, 3.63) is 47.5 Å². The minimum atomic E-state index is -0.417. The van der Waals surface area contributed by atoms with Crippen molar-refractivity contribution in [1.82, 2.24) is 10.8 Å². The van der Waals surface area contributed by atoms with Crippen LogP contribution in [0, 0.1) is 0 Å². The van der Waals surface area contributed by atoms with Gasteiger partial charge in [-0.25, -0.2) is 5.48 Å². The van der Waals surface area contributed by atoms with E-state index in [9.17, 15) is 9.59 Å². The Morgan fingerprint density at radius 1 is 0.882 bits per heavy atom. The predicted molar refractivity (Wildman–Crippen MR) is 128 cm³/mol. The molecule has 0 saturated carbocycles. The molecule has 9 nitrogen and oxygen atoms in total. The van der Waals surface area contributed by atoms with E-state index < -0.39 is 5.91 Å². The van der Waals surface area contributed by atoms with Gasteiger partial charge in [0.1, 0.15) is 5.75 Å². The van der Waals surface area contributed by atoms with Gasteiger partial charge >= 0.3 is 0 Å². The van der Waals surface area contributed by atoms with E-state index in [4.69, 9.17) is 24.2 Å². The molecule has 0 radical (unpaired) electrons. The number of benzene rings is 2. The third-order valence-electron chi connectivity index (χ3n) is 5.13. The molecule has 9 heteroatoms. The normalized spacial score (nSPS) is 10.9. The molecular weight excluding hydrogens is 440 g/mol. The molecule has 0 aliphatic heterocycles. The first-order valence-electron chi connectivity index (χ1n) is 10.8. The van der Waals surface area contributed by atoms with Crippen LogP contribution >= 0.6 is 0 Å². The van der Waals surface area contributed by atoms with Crippen molar-refractivity contribution in [1.29, 1.82) is 0 Å². The Labute approximate surface area is 199 Å². The van der Waals surface area contributed by atoms with Gasteiger partial charge in [-0.15, -0.1) is 0 Å². The second kappa shape index (κ2) is 13.7. The van der Waals surface area contributed by atoms with Gasteiger partial charge in [-0.05, 0) is 54.3 Å². The van der Waals surface area contributed by atoms with Crippen LogP contribution in [0.4, 0.5) is 0 Å². The summed E-state index contributed by atoms with van der Waals surface area (Å²) in [5.74, 6) is 1.45. The maximum absolute atomic E-state index is 13.1. The number of amides is 2. The van der Waals surface area contributed by atoms with Crippen LogP contribution in [0.25, 0.3) is 11.6 Å². The van der Waals surface area contributed by atoms with Gasteiger partial charge in [0.25, 0.3) is 5.91 Å². The quantitative estimate of drug-likeness (QED) is 0.134. The van der Waals surface area contributed by atoms with Crippen molar-refractivity contribution in [3.63, 3.8) is 0 Å². The van der Waals surface area contributed by atoms with Crippen LogP contribution in [0.3, 0.4) is 0 Å². The number of nitrogens with one attached hydrogen (secondary N) is 2. The third-order valence-corrected chi connectivity index (χ3v) is 5.13. The molecule has 0 fully saturated rings. The first kappa shape index (κ1) is 26.5. The van der Waals surface area contributed by atoms with E-state index >= 15 is 0 Å². The van der Waals surface area contributed by atoms with E-state index in [1.54, 1.807) is 42.9 Å². The van der Waals surface area contributed by atoms with E-state index in [1.165, 1.54) is 21.3 Å². The first-order valence-corrected chi connectivity index (χ1v) is 10.8. The van der Waals surface area contributed by atoms with Crippen LogP contribution in [0.5, 0.6) is 23.0 Å². The molecule has 34 heavy (non-hydrogen) atoms. The summed E-state index contributed by atoms with van der Waals surface area (Å²) < 4.78 is 21.5. The van der Waals surface area contributed by atoms with E-state index in [2.05, 4.69) is 5.32 Å². The number of carbonyl (C=O) groups excluding carboxylic acids is 2. The molecule has 0 aliphatic carbocycles. The second-order valence-corrected chi connectivity index (χ2v) is 7.35. The van der Waals surface area contributed by atoms with Crippen molar-refractivity contribution < 1.29 is 33.7 Å². The molecule has 0 aromatic heterocycles. The SMILES string of the molecule is COc1ccc(/C(=C/c2cc(OC)c(OC)c(OC)c2)C(=O)NCCCCCC(=O)NO)cc1. The molecule has 3 N–H and O–H groups in total. The average Bonchev–Trinajstić information content (AvgIpc) is 2.88. The topological polar surface area (TPSA) is 115 Å². The summed E-state index contributed by atoms with van der Waals surface area (Å²) in [6.07, 6.45) is 4.05. The molecule has 0 atom stereocenters. The summed E-state index contributed by atoms with van der Waals surface area (Å²) in [5, 5.41) is 11.5. The van der Waals surface area contributed by atoms with Gasteiger partial charge in [0.15, 0.2) is 11.5 Å². The highest BCUT2D eigenvalue weighted by Crippen LogP contribution is 2.39. The lowest BCUT2D eigenvalue weighted by molar-refractivity contribution is -0.129. The lowest BCUT2D eigenvalue weighted by Gasteiger charge is -2.14. The predicted octanol–water partition coefficient (Wildman–Crippen LogP) is 3.44. The standard InChI is InChI=1S/C25H32N2O7/c1-31-19-11-9-18(10-12-19)20(25(29)26-13-7-5-6-8-23(28)27-30)14-17-15-21(32-2)24(34-4)22(16-17)33-3/h9-12,14-16,30H,5-8,13H2,1-4H3,(H,26,29)(H,27,28)/b20-14-. The van der Waals surface area contributed by atoms with E-state index in [-0.39, 0.29) is 12.3 Å². The lowest BCUT2D eigenvalue weighted by atomic mass is 10.0. The van der Waals surface area contributed by atoms with Gasteiger partial charge in [0.2, 0.25) is 11.7 Å². The summed E-state index contributed by atoms with van der Waals surface area (Å²) >= 11 is 0. The summed E-state index contributed by atoms with van der Waals surface area (Å²) in [6, 6.07) is 10.7. The number of hydroxylamine groups is 1. The Balaban J connectivity index is 2.27. The van der Waals surface area contributed by atoms with Crippen molar-refractivity contribution >= 4 is 23.5 Å². The maximum Gasteiger partial charge on any atom is 0.251 e. The van der Waals surface area contributed by atoms with Crippen molar-refractivity contribution in [2.75, 3.05) is 35.0 Å². The summed E-state index contributed by atoms with van der Waals surface area (Å²) in [5.41, 5.74) is 3.48. The Bertz CT molecular complexity index is 962. The Morgan fingerprint density at radius 3 is 2.06 bits per heavy atom. The van der Waals surface area contributed by atoms with Crippen LogP contribution in [0.2, 0.25) is 0 Å². The fraction of sp³-hybridized carbons (Fsp3) is 0.360. The Hall–Kier alpha value is -3.72. The molecule has 0 saturated heterocycles. The maximum atomic E-state index is 13.1. The van der Waals surface area contributed by atoms with E-state index in [0.29, 0.717) is 59.1 Å². The molecule has 0 spiro atoms. The summed E-state index contributed by atoms with van der Waals surface area (Å²) in [7, 11) is 6.18. The third kappa shape index (κ3) is 7.41. The fourth-order valence-electron chi connectivity index (χ4n) is 3.34. The number of hydrogen-bond acceptors (Lipinski definition) is 7. The number of hydrogen-bond donors (Lipinski definition) is 3. The summed E-state index contributed by atoms with van der Waals surface area (Å²) in [4.78, 5) is 24.2. The van der Waals surface area contributed by atoms with Crippen LogP contribution in [-0.4, -0.2) is 52.0 Å². The van der Waals surface area contributed by atoms with E-state index in [0.717, 1.165) is 6.42 Å². The zero-order valence-corrected chi connectivity index (χ0v) is 20.0. The molecule has 2 amide bonds. The van der Waals surface area contributed by atoms with Gasteiger partial charge in [-0.3, -0.25) is 14.8 Å². The molecule has 0 bridgehead atoms. The largest absolute Gasteiger partial charge is 0.497 e. The highest BCUT2D eigenvalue weighted by Gasteiger charge is 2.16. The number of ether oxygens (including phenoxy) is 4. The van der Waals surface area contributed by atoms with Crippen LogP contribution in [0.1, 0.15) is 36.8 Å². The second-order valence-electron chi connectivity index (χ2n) is 7.35. The van der Waals surface area contributed by atoms with Crippen molar-refractivity contribution in [2.45, 2.75) is 25.7 Å². The summed E-state index contributed by atoms with van der Waals surface area (Å²) in [6.45, 7) is 0.447. The number of unbranched alkanes of at least 4 members (excludes halogenated alkanes) is 2. The number of carbonyl (C=O) groups is 2. The number of rotatable bonds is 13. The first-order chi connectivity index (χ1) is 16.5. The molecule has 0 heterocycles. The molecule has 2 aromatic rings. The number of methoxy groups -OCH3 is 4. The molecular formula is C25H32N2O7. The monoisotopic (exact) mass is 472 g/mol. The smallest absolute Gasteiger partial charge is 0.251 e. The lowest BCUT2D eigenvalue weighted by Crippen LogP contribution is -2.25. The molecule has 2 aromatic carbocycles. The zero-order valence-electron chi connectivity index (χ0n) is 20.0. The van der Waals surface area contributed by atoms with Crippen molar-refractivity contribution in [3.8, 4) is 23.0 Å². The Morgan fingerprint density at radius 2 is 1.53 bits per heavy atom. The highest BCUT2D eigenvalue weighted by molar-refractivity contribution is 6.24.